The lowest BCUT2D eigenvalue weighted by Gasteiger charge is -2.28. The Morgan fingerprint density at radius 3 is 0.410 bits per heavy atom. The van der Waals surface area contributed by atoms with Crippen molar-refractivity contribution in [1.82, 2.24) is 24.5 Å². The zero-order valence-electron chi connectivity index (χ0n) is 49.1. The van der Waals surface area contributed by atoms with Crippen LogP contribution in [0.1, 0.15) is 0 Å². The zero-order chi connectivity index (χ0) is 67.4. The van der Waals surface area contributed by atoms with E-state index >= 15 is 38.4 Å². The first kappa shape index (κ1) is 53.3. The van der Waals surface area contributed by atoms with Crippen LogP contribution in [0.4, 0.5) is 0 Å². The second-order valence-electron chi connectivity index (χ2n) is 26.8. The maximum Gasteiger partial charge on any atom is 0.276 e. The first-order chi connectivity index (χ1) is 48.2. The SMILES string of the molecule is O=c1c2ccc3c4ccc5c(=O)n(Cl)c(=O)c6cc7c8c9cc%10c(=O)n(Cl)c(=O)c%11cc%12c%13c%14cc%15c(=O)n(Cl)c(=O)c%16ccc%17c%18ccc%19c(=O)n(Cl)c(=O)c%20cc(c%13c%13cc%21c(=O)n(Cl)c(=O)c%22cc(c8c8cc(c(=O)n1Cl)c2c3c8c7c4c56)c1c9c(c%10%11)c%12c%13c1c%22%21)c(c%18c%19%20)c%14c%17c%16%15. The van der Waals surface area contributed by atoms with Crippen LogP contribution in [0.25, 0.3) is 259 Å². The Hall–Kier alpha value is -11.7. The van der Waals surface area contributed by atoms with Gasteiger partial charge < -0.3 is 0 Å². The number of hydrogen-bond acceptors (Lipinski definition) is 12. The lowest BCUT2D eigenvalue weighted by Crippen LogP contribution is -2.28. The molecule has 0 fully saturated rings. The van der Waals surface area contributed by atoms with E-state index in [0.717, 1.165) is 0 Å². The summed E-state index contributed by atoms with van der Waals surface area (Å²) in [6.07, 6.45) is 0. The van der Waals surface area contributed by atoms with Crippen LogP contribution in [-0.2, 0) is 0 Å². The summed E-state index contributed by atoms with van der Waals surface area (Å²) in [6, 6.07) is 26.2. The summed E-state index contributed by atoms with van der Waals surface area (Å²) in [5, 5.41) is 13.5. The molecule has 19 aromatic carbocycles. The molecule has 0 saturated heterocycles. The molecule has 18 nitrogen and oxygen atoms in total. The first-order valence-corrected chi connectivity index (χ1v) is 32.9. The van der Waals surface area contributed by atoms with Crippen molar-refractivity contribution in [2.75, 3.05) is 0 Å². The molecular formula is C76H16Cl6N6O12. The van der Waals surface area contributed by atoms with Crippen molar-refractivity contribution >= 4 is 329 Å². The van der Waals surface area contributed by atoms with E-state index in [9.17, 15) is 19.2 Å². The van der Waals surface area contributed by atoms with E-state index in [-0.39, 0.29) is 97.0 Å². The standard InChI is InChI=1S/C76H16Cl6N6O12/c77-83-65(89)21-5-1-17-18-2-6-22-42-34(70(94)84(78)66(22)90)10-26-46-30-14-38-50-40(76(100)88(82)74(38)98)16-32-48-28-12-36-44-24(68(92)86(80)72(36)96)8-4-20-19-3-7-23-43-35(71(95)85(79)67(23)91)11-27(57(53(19)43)58(28)54(20)44)47(48)31-15-39-49-37(73(97)87(81)75(39)99)13-29(59-60(30)64(50)62(32)61(31)63(49)59)45(46)25-9-33(69(83)93)41(21)51(17)55(25)56(26)52(18)42/h1-16H. The molecule has 0 aliphatic carbocycles. The maximum atomic E-state index is 15.5. The van der Waals surface area contributed by atoms with Crippen molar-refractivity contribution in [3.05, 3.63) is 221 Å². The Morgan fingerprint density at radius 1 is 0.130 bits per heavy atom. The highest BCUT2D eigenvalue weighted by Crippen LogP contribution is 2.61. The molecule has 6 aromatic heterocycles. The van der Waals surface area contributed by atoms with Crippen molar-refractivity contribution in [2.45, 2.75) is 0 Å². The molecule has 0 unspecified atom stereocenters. The largest absolute Gasteiger partial charge is 0.276 e. The molecule has 25 aromatic rings. The third kappa shape index (κ3) is 5.05. The summed E-state index contributed by atoms with van der Waals surface area (Å²) in [5.41, 5.74) is -10.3. The summed E-state index contributed by atoms with van der Waals surface area (Å²) in [7, 11) is 0. The second-order valence-corrected chi connectivity index (χ2v) is 28.8. The molecule has 0 aliphatic heterocycles. The average Bonchev–Trinajstić information content (AvgIpc) is 0.642. The van der Waals surface area contributed by atoms with Crippen LogP contribution >= 0.6 is 70.7 Å². The minimum absolute atomic E-state index is 0.0161. The molecule has 25 rings (SSSR count). The van der Waals surface area contributed by atoms with E-state index in [0.29, 0.717) is 186 Å². The van der Waals surface area contributed by atoms with Gasteiger partial charge >= 0.3 is 0 Å². The van der Waals surface area contributed by atoms with Gasteiger partial charge in [-0.15, -0.1) is 0 Å². The van der Waals surface area contributed by atoms with Crippen LogP contribution < -0.4 is 66.7 Å². The molecule has 0 saturated carbocycles. The van der Waals surface area contributed by atoms with Crippen LogP contribution in [-0.4, -0.2) is 24.5 Å². The highest BCUT2D eigenvalue weighted by atomic mass is 35.5. The van der Waals surface area contributed by atoms with Crippen LogP contribution in [0.15, 0.2) is 155 Å². The van der Waals surface area contributed by atoms with E-state index in [1.54, 1.807) is 97.1 Å². The molecule has 464 valence electrons. The molecule has 0 bridgehead atoms. The number of rotatable bonds is 0. The topological polar surface area (TPSA) is 234 Å². The van der Waals surface area contributed by atoms with E-state index in [1.165, 1.54) is 0 Å². The lowest BCUT2D eigenvalue weighted by molar-refractivity contribution is 1.11. The molecule has 24 heteroatoms. The number of halogens is 6. The Bertz CT molecular complexity index is 8360. The van der Waals surface area contributed by atoms with Gasteiger partial charge in [0.1, 0.15) is 0 Å². The smallest absolute Gasteiger partial charge is 0.267 e. The molecular weight excluding hydrogens is 1400 g/mol. The molecule has 0 spiro atoms. The fraction of sp³-hybridized carbons (Fsp3) is 0. The highest BCUT2D eigenvalue weighted by molar-refractivity contribution is 6.62. The van der Waals surface area contributed by atoms with Gasteiger partial charge in [-0.25, -0.2) is 0 Å². The van der Waals surface area contributed by atoms with E-state index in [1.807, 2.05) is 0 Å². The van der Waals surface area contributed by atoms with E-state index in [2.05, 4.69) is 0 Å². The Labute approximate surface area is 571 Å². The van der Waals surface area contributed by atoms with Gasteiger partial charge in [0.25, 0.3) is 66.7 Å². The first-order valence-electron chi connectivity index (χ1n) is 30.9. The Balaban J connectivity index is 1.08. The highest BCUT2D eigenvalue weighted by Gasteiger charge is 2.37. The summed E-state index contributed by atoms with van der Waals surface area (Å²) in [4.78, 5) is 179. The monoisotopic (exact) mass is 1410 g/mol. The molecule has 100 heavy (non-hydrogen) atoms. The van der Waals surface area contributed by atoms with Gasteiger partial charge in [0.15, 0.2) is 0 Å². The molecule has 0 atom stereocenters. The second kappa shape index (κ2) is 15.9. The molecule has 6 heterocycles. The van der Waals surface area contributed by atoms with Gasteiger partial charge in [0, 0.05) is 135 Å². The third-order valence-electron chi connectivity index (χ3n) is 23.1. The number of hydrogen-bond donors (Lipinski definition) is 0. The third-order valence-corrected chi connectivity index (χ3v) is 24.9. The molecule has 0 N–H and O–H groups in total. The summed E-state index contributed by atoms with van der Waals surface area (Å²) >= 11 is 40.9. The molecule has 0 aliphatic rings. The number of aromatic nitrogens is 6. The van der Waals surface area contributed by atoms with Crippen LogP contribution in [0, 0.1) is 0 Å². The normalized spacial score (nSPS) is 13.6. The summed E-state index contributed by atoms with van der Waals surface area (Å²) in [5.74, 6) is 0. The maximum absolute atomic E-state index is 15.5. The Morgan fingerprint density at radius 2 is 0.240 bits per heavy atom. The molecule has 0 amide bonds. The van der Waals surface area contributed by atoms with Gasteiger partial charge in [-0.3, -0.25) is 57.5 Å². The van der Waals surface area contributed by atoms with E-state index in [4.69, 9.17) is 70.7 Å². The van der Waals surface area contributed by atoms with Gasteiger partial charge in [-0.1, -0.05) is 24.3 Å². The Kier molecular flexibility index (Phi) is 8.46. The zero-order valence-corrected chi connectivity index (χ0v) is 53.6. The van der Waals surface area contributed by atoms with Crippen molar-refractivity contribution < 1.29 is 0 Å². The van der Waals surface area contributed by atoms with Crippen molar-refractivity contribution in [2.24, 2.45) is 0 Å². The van der Waals surface area contributed by atoms with Crippen molar-refractivity contribution in [3.63, 3.8) is 0 Å². The van der Waals surface area contributed by atoms with Crippen LogP contribution in [0.2, 0.25) is 0 Å². The summed E-state index contributed by atoms with van der Waals surface area (Å²) < 4.78 is 3.01. The van der Waals surface area contributed by atoms with E-state index < -0.39 is 66.7 Å². The van der Waals surface area contributed by atoms with Crippen molar-refractivity contribution in [3.8, 4) is 0 Å². The van der Waals surface area contributed by atoms with Crippen LogP contribution in [0.3, 0.4) is 0 Å². The number of fused-ring (bicyclic) bond motifs is 12. The van der Waals surface area contributed by atoms with Gasteiger partial charge in [0.05, 0.1) is 43.1 Å². The number of pyridine rings is 6. The average molecular weight is 1420 g/mol. The predicted molar refractivity (Wildman–Crippen MR) is 403 cm³/mol. The fourth-order valence-corrected chi connectivity index (χ4v) is 20.7. The lowest BCUT2D eigenvalue weighted by atomic mass is 9.74. The predicted octanol–water partition coefficient (Wildman–Crippen LogP) is 13.2. The van der Waals surface area contributed by atoms with Gasteiger partial charge in [0.2, 0.25) is 0 Å². The summed E-state index contributed by atoms with van der Waals surface area (Å²) in [6.45, 7) is 0. The van der Waals surface area contributed by atoms with Gasteiger partial charge in [-0.2, -0.15) is 24.5 Å². The van der Waals surface area contributed by atoms with Crippen molar-refractivity contribution in [1.29, 1.82) is 0 Å². The van der Waals surface area contributed by atoms with Gasteiger partial charge in [-0.05, 0) is 224 Å². The fourth-order valence-electron chi connectivity index (χ4n) is 19.6. The van der Waals surface area contributed by atoms with Crippen LogP contribution in [0.5, 0.6) is 0 Å². The minimum atomic E-state index is -0.922. The number of benzene rings is 19. The molecule has 0 radical (unpaired) electrons. The minimum Gasteiger partial charge on any atom is -0.267 e. The quantitative estimate of drug-likeness (QED) is 0.102. The number of nitrogens with zero attached hydrogens (tertiary/aromatic N) is 6.